The number of benzene rings is 1. The van der Waals surface area contributed by atoms with Gasteiger partial charge in [-0.05, 0) is 36.4 Å². The Balaban J connectivity index is 1.70. The summed E-state index contributed by atoms with van der Waals surface area (Å²) in [4.78, 5) is 6.60. The van der Waals surface area contributed by atoms with Crippen molar-refractivity contribution in [2.75, 3.05) is 5.75 Å². The van der Waals surface area contributed by atoms with Crippen LogP contribution in [0, 0.1) is 6.92 Å². The van der Waals surface area contributed by atoms with E-state index >= 15 is 0 Å². The molecule has 0 bridgehead atoms. The molecule has 0 N–H and O–H groups in total. The van der Waals surface area contributed by atoms with Gasteiger partial charge in [0.15, 0.2) is 15.4 Å². The maximum absolute atomic E-state index is 12.5. The van der Waals surface area contributed by atoms with Crippen LogP contribution in [-0.2, 0) is 20.4 Å². The maximum Gasteiger partial charge on any atom is 0.158 e. The van der Waals surface area contributed by atoms with Crippen molar-refractivity contribution in [2.45, 2.75) is 31.6 Å². The lowest BCUT2D eigenvalue weighted by Crippen LogP contribution is -2.34. The quantitative estimate of drug-likeness (QED) is 0.829. The van der Waals surface area contributed by atoms with Gasteiger partial charge in [0.2, 0.25) is 0 Å². The molecule has 2 aromatic rings. The summed E-state index contributed by atoms with van der Waals surface area (Å²) in [6, 6.07) is 11.3. The molecular formula is C17H19NO3S2. The van der Waals surface area contributed by atoms with Crippen molar-refractivity contribution in [2.24, 2.45) is 5.16 Å². The van der Waals surface area contributed by atoms with Gasteiger partial charge in [0.05, 0.1) is 16.4 Å². The first kappa shape index (κ1) is 16.2. The molecule has 1 atom stereocenters. The fourth-order valence-electron chi connectivity index (χ4n) is 2.80. The lowest BCUT2D eigenvalue weighted by molar-refractivity contribution is 0.0150. The van der Waals surface area contributed by atoms with Gasteiger partial charge >= 0.3 is 0 Å². The number of sulfone groups is 1. The second-order valence-corrected chi connectivity index (χ2v) is 9.19. The number of rotatable bonds is 5. The summed E-state index contributed by atoms with van der Waals surface area (Å²) < 4.78 is 25.0. The predicted octanol–water partition coefficient (Wildman–Crippen LogP) is 3.55. The fraction of sp³-hybridized carbons (Fsp3) is 0.353. The molecule has 0 spiro atoms. The van der Waals surface area contributed by atoms with Crippen LogP contribution in [0.4, 0.5) is 0 Å². The van der Waals surface area contributed by atoms with E-state index in [0.29, 0.717) is 6.42 Å². The number of nitrogens with zero attached hydrogens (tertiary/aromatic N) is 1. The van der Waals surface area contributed by atoms with E-state index in [9.17, 15) is 8.42 Å². The standard InChI is InChI=1S/C17H19NO3S2/c1-13-8-9-22-16(13)15-10-17(2,21-18-15)12-23(19,20)11-14-6-4-3-5-7-14/h3-9H,10-12H2,1-2H3. The van der Waals surface area contributed by atoms with Crippen molar-refractivity contribution in [1.29, 1.82) is 0 Å². The maximum atomic E-state index is 12.5. The van der Waals surface area contributed by atoms with Crippen molar-refractivity contribution in [3.05, 3.63) is 57.8 Å². The van der Waals surface area contributed by atoms with Gasteiger partial charge in [-0.2, -0.15) is 0 Å². The lowest BCUT2D eigenvalue weighted by Gasteiger charge is -2.21. The summed E-state index contributed by atoms with van der Waals surface area (Å²) in [5.41, 5.74) is 1.99. The Hall–Kier alpha value is -1.66. The normalized spacial score (nSPS) is 21.0. The van der Waals surface area contributed by atoms with Gasteiger partial charge in [0, 0.05) is 6.42 Å². The molecule has 3 rings (SSSR count). The molecule has 1 unspecified atom stereocenters. The average molecular weight is 349 g/mol. The molecule has 0 saturated heterocycles. The van der Waals surface area contributed by atoms with Crippen LogP contribution in [0.5, 0.6) is 0 Å². The van der Waals surface area contributed by atoms with Crippen LogP contribution in [-0.4, -0.2) is 25.5 Å². The molecule has 0 fully saturated rings. The van der Waals surface area contributed by atoms with E-state index in [1.807, 2.05) is 55.6 Å². The van der Waals surface area contributed by atoms with E-state index in [-0.39, 0.29) is 11.5 Å². The molecule has 2 heterocycles. The van der Waals surface area contributed by atoms with Crippen LogP contribution in [0.15, 0.2) is 46.9 Å². The van der Waals surface area contributed by atoms with Gasteiger partial charge in [0.25, 0.3) is 0 Å². The third kappa shape index (κ3) is 3.82. The highest BCUT2D eigenvalue weighted by Crippen LogP contribution is 2.31. The molecule has 6 heteroatoms. The molecule has 0 amide bonds. The van der Waals surface area contributed by atoms with Gasteiger partial charge in [-0.3, -0.25) is 0 Å². The first-order valence-corrected chi connectivity index (χ1v) is 10.1. The summed E-state index contributed by atoms with van der Waals surface area (Å²) in [5, 5.41) is 6.15. The third-order valence-corrected chi connectivity index (χ3v) is 6.69. The SMILES string of the molecule is Cc1ccsc1C1=NOC(C)(CS(=O)(=O)Cc2ccccc2)C1. The van der Waals surface area contributed by atoms with E-state index in [0.717, 1.165) is 21.7 Å². The Labute approximate surface area is 140 Å². The minimum absolute atomic E-state index is 0.0279. The van der Waals surface area contributed by atoms with Crippen LogP contribution in [0.2, 0.25) is 0 Å². The zero-order valence-electron chi connectivity index (χ0n) is 13.2. The van der Waals surface area contributed by atoms with Crippen molar-refractivity contribution in [3.8, 4) is 0 Å². The van der Waals surface area contributed by atoms with Gasteiger partial charge in [-0.15, -0.1) is 11.3 Å². The second-order valence-electron chi connectivity index (χ2n) is 6.21. The molecule has 1 aliphatic heterocycles. The predicted molar refractivity (Wildman–Crippen MR) is 93.6 cm³/mol. The van der Waals surface area contributed by atoms with E-state index in [2.05, 4.69) is 5.16 Å². The molecule has 1 aromatic carbocycles. The van der Waals surface area contributed by atoms with Crippen molar-refractivity contribution >= 4 is 26.9 Å². The van der Waals surface area contributed by atoms with Crippen LogP contribution in [0.1, 0.15) is 29.3 Å². The van der Waals surface area contributed by atoms with Crippen molar-refractivity contribution in [1.82, 2.24) is 0 Å². The highest BCUT2D eigenvalue weighted by molar-refractivity contribution is 7.90. The molecule has 0 aliphatic carbocycles. The van der Waals surface area contributed by atoms with Gasteiger partial charge in [-0.25, -0.2) is 8.42 Å². The van der Waals surface area contributed by atoms with Gasteiger partial charge < -0.3 is 4.84 Å². The smallest absolute Gasteiger partial charge is 0.158 e. The Morgan fingerprint density at radius 3 is 2.65 bits per heavy atom. The van der Waals surface area contributed by atoms with Crippen LogP contribution >= 0.6 is 11.3 Å². The number of aryl methyl sites for hydroxylation is 1. The summed E-state index contributed by atoms with van der Waals surface area (Å²) in [6.45, 7) is 3.84. The largest absolute Gasteiger partial charge is 0.388 e. The van der Waals surface area contributed by atoms with E-state index in [1.165, 1.54) is 0 Å². The zero-order chi connectivity index (χ0) is 16.5. The molecule has 0 radical (unpaired) electrons. The Morgan fingerprint density at radius 2 is 2.00 bits per heavy atom. The van der Waals surface area contributed by atoms with Gasteiger partial charge in [0.1, 0.15) is 5.71 Å². The highest BCUT2D eigenvalue weighted by atomic mass is 32.2. The molecule has 4 nitrogen and oxygen atoms in total. The summed E-state index contributed by atoms with van der Waals surface area (Å²) in [6.07, 6.45) is 0.516. The summed E-state index contributed by atoms with van der Waals surface area (Å²) in [7, 11) is -3.27. The van der Waals surface area contributed by atoms with Crippen LogP contribution in [0.25, 0.3) is 0 Å². The molecule has 23 heavy (non-hydrogen) atoms. The number of hydrogen-bond acceptors (Lipinski definition) is 5. The molecule has 1 aliphatic rings. The first-order valence-electron chi connectivity index (χ1n) is 7.41. The highest BCUT2D eigenvalue weighted by Gasteiger charge is 2.39. The second kappa shape index (κ2) is 6.09. The monoisotopic (exact) mass is 349 g/mol. The van der Waals surface area contributed by atoms with Crippen LogP contribution < -0.4 is 0 Å². The Kier molecular flexibility index (Phi) is 4.29. The van der Waals surface area contributed by atoms with Crippen LogP contribution in [0.3, 0.4) is 0 Å². The first-order chi connectivity index (χ1) is 10.9. The summed E-state index contributed by atoms with van der Waals surface area (Å²) in [5.74, 6) is -0.00747. The minimum Gasteiger partial charge on any atom is -0.388 e. The van der Waals surface area contributed by atoms with Crippen molar-refractivity contribution < 1.29 is 13.3 Å². The molecule has 122 valence electrons. The molecular weight excluding hydrogens is 330 g/mol. The third-order valence-electron chi connectivity index (χ3n) is 3.80. The minimum atomic E-state index is -3.27. The topological polar surface area (TPSA) is 55.7 Å². The molecule has 0 saturated carbocycles. The molecule has 1 aromatic heterocycles. The Morgan fingerprint density at radius 1 is 1.26 bits per heavy atom. The van der Waals surface area contributed by atoms with Gasteiger partial charge in [-0.1, -0.05) is 35.5 Å². The lowest BCUT2D eigenvalue weighted by atomic mass is 10.0. The average Bonchev–Trinajstić information content (AvgIpc) is 3.04. The number of thiophene rings is 1. The zero-order valence-corrected chi connectivity index (χ0v) is 14.8. The number of hydrogen-bond donors (Lipinski definition) is 0. The van der Waals surface area contributed by atoms with E-state index in [4.69, 9.17) is 4.84 Å². The number of oxime groups is 1. The van der Waals surface area contributed by atoms with E-state index < -0.39 is 15.4 Å². The van der Waals surface area contributed by atoms with Crippen molar-refractivity contribution in [3.63, 3.8) is 0 Å². The fourth-order valence-corrected chi connectivity index (χ4v) is 5.59. The summed E-state index contributed by atoms with van der Waals surface area (Å²) >= 11 is 1.61. The Bertz CT molecular complexity index is 825. The van der Waals surface area contributed by atoms with E-state index in [1.54, 1.807) is 11.3 Å².